The number of carbonyl (C=O) groups is 1. The van der Waals surface area contributed by atoms with E-state index in [-0.39, 0.29) is 23.9 Å². The number of thioether (sulfide) groups is 1. The van der Waals surface area contributed by atoms with Crippen molar-refractivity contribution in [3.8, 4) is 11.5 Å². The number of halogens is 1. The number of benzene rings is 1. The second-order valence-corrected chi connectivity index (χ2v) is 19.2. The summed E-state index contributed by atoms with van der Waals surface area (Å²) < 4.78 is 13.0. The summed E-state index contributed by atoms with van der Waals surface area (Å²) in [7, 11) is -0.973. The van der Waals surface area contributed by atoms with Crippen LogP contribution in [0.25, 0.3) is 0 Å². The summed E-state index contributed by atoms with van der Waals surface area (Å²) in [4.78, 5) is 32.2. The van der Waals surface area contributed by atoms with Gasteiger partial charge in [0.15, 0.2) is 11.5 Å². The predicted octanol–water partition coefficient (Wildman–Crippen LogP) is 6.37. The average molecular weight is 604 g/mol. The maximum Gasteiger partial charge on any atom is 0.254 e. The lowest BCUT2D eigenvalue weighted by molar-refractivity contribution is -0.124. The fourth-order valence-electron chi connectivity index (χ4n) is 6.51. The van der Waals surface area contributed by atoms with Gasteiger partial charge in [-0.2, -0.15) is 0 Å². The highest BCUT2D eigenvalue weighted by atomic mass is 35.5. The van der Waals surface area contributed by atoms with Gasteiger partial charge >= 0.3 is 0 Å². The van der Waals surface area contributed by atoms with Gasteiger partial charge in [0.1, 0.15) is 0 Å². The lowest BCUT2D eigenvalue weighted by atomic mass is 9.80. The molecule has 1 aliphatic carbocycles. The van der Waals surface area contributed by atoms with E-state index in [0.717, 1.165) is 36.3 Å². The van der Waals surface area contributed by atoms with Crippen molar-refractivity contribution in [3.05, 3.63) is 49.9 Å². The molecular formula is C30H42ClN3O4SSi. The molecule has 10 heteroatoms. The lowest BCUT2D eigenvalue weighted by Crippen LogP contribution is -2.50. The zero-order chi connectivity index (χ0) is 28.8. The molecule has 0 radical (unpaired) electrons. The Bertz CT molecular complexity index is 1350. The summed E-state index contributed by atoms with van der Waals surface area (Å²) in [6.07, 6.45) is 6.31. The number of amides is 1. The number of hydrogen-bond acceptors (Lipinski definition) is 6. The van der Waals surface area contributed by atoms with Crippen LogP contribution >= 0.6 is 23.4 Å². The van der Waals surface area contributed by atoms with Gasteiger partial charge in [-0.1, -0.05) is 24.7 Å². The highest BCUT2D eigenvalue weighted by Gasteiger charge is 2.48. The molecule has 0 spiro atoms. The summed E-state index contributed by atoms with van der Waals surface area (Å²) >= 11 is 8.15. The van der Waals surface area contributed by atoms with E-state index in [4.69, 9.17) is 21.1 Å². The van der Waals surface area contributed by atoms with Gasteiger partial charge in [0, 0.05) is 60.8 Å². The van der Waals surface area contributed by atoms with Crippen LogP contribution in [-0.2, 0) is 6.54 Å². The van der Waals surface area contributed by atoms with Crippen molar-refractivity contribution < 1.29 is 14.3 Å². The molecule has 2 aromatic rings. The number of carbonyl (C=O) groups excluding carboxylic acids is 1. The van der Waals surface area contributed by atoms with Gasteiger partial charge in [0.2, 0.25) is 0 Å². The fraction of sp³-hybridized carbons (Fsp3) is 0.600. The number of nitrogens with zero attached hydrogens (tertiary/aromatic N) is 1. The van der Waals surface area contributed by atoms with E-state index in [2.05, 4.69) is 28.3 Å². The van der Waals surface area contributed by atoms with E-state index in [1.165, 1.54) is 36.9 Å². The van der Waals surface area contributed by atoms with Crippen LogP contribution < -0.4 is 20.3 Å². The van der Waals surface area contributed by atoms with Crippen molar-refractivity contribution in [2.75, 3.05) is 19.3 Å². The number of aromatic amines is 1. The summed E-state index contributed by atoms with van der Waals surface area (Å²) in [5.74, 6) is 0.194. The third-order valence-electron chi connectivity index (χ3n) is 9.27. The minimum Gasteiger partial charge on any atom is -0.448 e. The molecule has 1 saturated heterocycles. The Labute approximate surface area is 247 Å². The molecule has 40 heavy (non-hydrogen) atoms. The molecule has 1 aromatic heterocycles. The molecule has 2 fully saturated rings. The Kier molecular flexibility index (Phi) is 8.41. The molecule has 3 aliphatic rings. The third kappa shape index (κ3) is 5.85. The van der Waals surface area contributed by atoms with Crippen LogP contribution in [0.5, 0.6) is 11.5 Å². The first kappa shape index (κ1) is 29.5. The quantitative estimate of drug-likeness (QED) is 0.295. The maximum atomic E-state index is 13.3. The second-order valence-electron chi connectivity index (χ2n) is 12.6. The molecule has 1 unspecified atom stereocenters. The molecule has 2 N–H and O–H groups in total. The van der Waals surface area contributed by atoms with Crippen molar-refractivity contribution >= 4 is 37.3 Å². The monoisotopic (exact) mass is 603 g/mol. The molecule has 1 amide bonds. The Morgan fingerprint density at radius 3 is 2.45 bits per heavy atom. The molecule has 0 bridgehead atoms. The van der Waals surface area contributed by atoms with E-state index < -0.39 is 13.9 Å². The van der Waals surface area contributed by atoms with Gasteiger partial charge in [0.05, 0.1) is 5.02 Å². The van der Waals surface area contributed by atoms with E-state index in [1.54, 1.807) is 6.07 Å². The van der Waals surface area contributed by atoms with Gasteiger partial charge < -0.3 is 24.7 Å². The average Bonchev–Trinajstić information content (AvgIpc) is 3.29. The Morgan fingerprint density at radius 2 is 1.80 bits per heavy atom. The van der Waals surface area contributed by atoms with Crippen molar-refractivity contribution in [1.29, 1.82) is 0 Å². The third-order valence-corrected chi connectivity index (χ3v) is 13.5. The largest absolute Gasteiger partial charge is 0.448 e. The Morgan fingerprint density at radius 1 is 1.15 bits per heavy atom. The first-order valence-electron chi connectivity index (χ1n) is 14.4. The van der Waals surface area contributed by atoms with Gasteiger partial charge in [-0.3, -0.25) is 9.59 Å². The van der Waals surface area contributed by atoms with Gasteiger partial charge in [-0.25, -0.2) is 0 Å². The molecular weight excluding hydrogens is 562 g/mol. The molecule has 5 rings (SSSR count). The topological polar surface area (TPSA) is 83.7 Å². The lowest BCUT2D eigenvalue weighted by Gasteiger charge is -2.44. The minimum atomic E-state index is -0.973. The van der Waals surface area contributed by atoms with E-state index >= 15 is 0 Å². The number of aryl methyl sites for hydroxylation is 1. The fourth-order valence-corrected chi connectivity index (χ4v) is 9.48. The van der Waals surface area contributed by atoms with Crippen LogP contribution in [0.1, 0.15) is 59.8 Å². The second kappa shape index (κ2) is 11.4. The molecule has 7 nitrogen and oxygen atoms in total. The Balaban J connectivity index is 1.26. The number of rotatable bonds is 6. The van der Waals surface area contributed by atoms with Crippen LogP contribution in [0.15, 0.2) is 21.8 Å². The van der Waals surface area contributed by atoms with Crippen LogP contribution in [0.4, 0.5) is 0 Å². The normalized spacial score (nSPS) is 26.1. The predicted molar refractivity (Wildman–Crippen MR) is 165 cm³/mol. The first-order chi connectivity index (χ1) is 18.9. The zero-order valence-electron chi connectivity index (χ0n) is 24.5. The smallest absolute Gasteiger partial charge is 0.254 e. The Hall–Kier alpha value is -1.94. The van der Waals surface area contributed by atoms with Crippen LogP contribution in [0.3, 0.4) is 0 Å². The van der Waals surface area contributed by atoms with Crippen LogP contribution in [0, 0.1) is 19.8 Å². The summed E-state index contributed by atoms with van der Waals surface area (Å²) in [6.45, 7) is 13.4. The molecule has 3 heterocycles. The molecule has 2 aliphatic heterocycles. The van der Waals surface area contributed by atoms with Gasteiger partial charge in [0.25, 0.3) is 17.3 Å². The molecule has 218 valence electrons. The number of H-pyrrole nitrogens is 1. The van der Waals surface area contributed by atoms with Gasteiger partial charge in [-0.05, 0) is 83.1 Å². The molecule has 1 aromatic carbocycles. The minimum absolute atomic E-state index is 0.119. The highest BCUT2D eigenvalue weighted by Crippen LogP contribution is 2.52. The summed E-state index contributed by atoms with van der Waals surface area (Å²) in [5.41, 5.74) is 2.25. The molecule has 1 atom stereocenters. The van der Waals surface area contributed by atoms with Crippen molar-refractivity contribution in [3.63, 3.8) is 0 Å². The number of hydrogen-bond donors (Lipinski definition) is 2. The van der Waals surface area contributed by atoms with Crippen LogP contribution in [0.2, 0.25) is 30.2 Å². The number of fused-ring (bicyclic) bond motifs is 1. The zero-order valence-corrected chi connectivity index (χ0v) is 27.1. The number of nitrogens with one attached hydrogen (secondary N) is 2. The van der Waals surface area contributed by atoms with Crippen molar-refractivity contribution in [1.82, 2.24) is 15.2 Å². The van der Waals surface area contributed by atoms with E-state index in [0.29, 0.717) is 39.3 Å². The van der Waals surface area contributed by atoms with Crippen molar-refractivity contribution in [2.45, 2.75) is 94.9 Å². The van der Waals surface area contributed by atoms with E-state index in [1.807, 2.05) is 33.1 Å². The SMILES string of the molecule is CSc1cc(C)[nH]c(=O)c1CNC(=O)c1cc(Cl)c2c(c1C)OC(C)([C@H]1CC[C@H](N3CC[Si](C)(C)CC3)CC1)O2. The summed E-state index contributed by atoms with van der Waals surface area (Å²) in [5, 5.41) is 3.27. The molecule has 1 saturated carbocycles. The number of ether oxygens (including phenoxy) is 2. The number of pyridine rings is 1. The number of aromatic nitrogens is 1. The standard InChI is InChI=1S/C30H42ClN3O4SSi/c1-18-15-25(39-4)23(29(36)33-18)17-32-28(35)22-16-24(31)27-26(19(22)2)37-30(3,38-27)20-7-9-21(10-8-20)34-11-13-40(5,6)14-12-34/h15-16,20-21H,7-14,17H2,1-6H3,(H,32,35)(H,33,36)/t20-,21-,30?. The van der Waals surface area contributed by atoms with E-state index in [9.17, 15) is 9.59 Å². The first-order valence-corrected chi connectivity index (χ1v) is 19.4. The van der Waals surface area contributed by atoms with Gasteiger partial charge in [-0.15, -0.1) is 11.8 Å². The highest BCUT2D eigenvalue weighted by molar-refractivity contribution is 7.98. The summed E-state index contributed by atoms with van der Waals surface area (Å²) in [6, 6.07) is 7.02. The van der Waals surface area contributed by atoms with Crippen LogP contribution in [-0.4, -0.2) is 55.0 Å². The maximum absolute atomic E-state index is 13.3. The van der Waals surface area contributed by atoms with Crippen molar-refractivity contribution in [2.24, 2.45) is 5.92 Å².